The normalized spacial score (nSPS) is 10.3. The number of nitro benzene ring substituents is 1. The first kappa shape index (κ1) is 22.7. The monoisotopic (exact) mass is 482 g/mol. The molecular weight excluding hydrogens is 464 g/mol. The quantitative estimate of drug-likeness (QED) is 0.259. The Labute approximate surface area is 180 Å². The first-order chi connectivity index (χ1) is 13.7. The number of esters is 1. The van der Waals surface area contributed by atoms with Crippen LogP contribution in [0, 0.1) is 24.0 Å². The number of carbonyl (C=O) groups is 2. The number of rotatable bonds is 8. The number of carbonyl (C=O) groups excluding carboxylic acids is 2. The third-order valence-corrected chi connectivity index (χ3v) is 5.49. The first-order valence-corrected chi connectivity index (χ1v) is 10.2. The van der Waals surface area contributed by atoms with E-state index in [1.54, 1.807) is 6.92 Å². The van der Waals surface area contributed by atoms with Crippen LogP contribution in [0.25, 0.3) is 0 Å². The van der Waals surface area contributed by atoms with Crippen LogP contribution in [0.5, 0.6) is 5.75 Å². The molecule has 154 valence electrons. The topological polar surface area (TPSA) is 108 Å². The van der Waals surface area contributed by atoms with E-state index in [2.05, 4.69) is 21.2 Å². The van der Waals surface area contributed by atoms with E-state index in [0.717, 1.165) is 14.9 Å². The van der Waals surface area contributed by atoms with Crippen LogP contribution in [0.4, 0.5) is 11.4 Å². The number of hydrogen-bond acceptors (Lipinski definition) is 7. The average Bonchev–Trinajstić information content (AvgIpc) is 2.66. The summed E-state index contributed by atoms with van der Waals surface area (Å²) in [5.41, 5.74) is 1.65. The average molecular weight is 483 g/mol. The van der Waals surface area contributed by atoms with Gasteiger partial charge in [-0.3, -0.25) is 19.7 Å². The van der Waals surface area contributed by atoms with Crippen LogP contribution in [0.1, 0.15) is 11.1 Å². The number of nitro groups is 1. The van der Waals surface area contributed by atoms with Gasteiger partial charge in [-0.15, -0.1) is 11.8 Å². The first-order valence-electron chi connectivity index (χ1n) is 8.38. The van der Waals surface area contributed by atoms with E-state index in [1.807, 2.05) is 25.1 Å². The van der Waals surface area contributed by atoms with E-state index in [4.69, 9.17) is 9.47 Å². The number of amides is 1. The smallest absolute Gasteiger partial charge is 0.316 e. The van der Waals surface area contributed by atoms with E-state index in [0.29, 0.717) is 11.3 Å². The van der Waals surface area contributed by atoms with Gasteiger partial charge in [0.1, 0.15) is 0 Å². The van der Waals surface area contributed by atoms with Gasteiger partial charge >= 0.3 is 11.7 Å². The van der Waals surface area contributed by atoms with Gasteiger partial charge in [0.15, 0.2) is 12.4 Å². The van der Waals surface area contributed by atoms with Crippen LogP contribution in [-0.2, 0) is 14.3 Å². The fourth-order valence-electron chi connectivity index (χ4n) is 2.40. The van der Waals surface area contributed by atoms with Crippen LogP contribution in [0.15, 0.2) is 39.7 Å². The standard InChI is InChI=1S/C19H19BrN2O6S/c1-11-7-15(22(25)26)16(27-3)8-14(11)21-18(23)9-28-19(24)10-29-17-5-4-13(20)6-12(17)2/h4-8H,9-10H2,1-3H3,(H,21,23). The van der Waals surface area contributed by atoms with Crippen molar-refractivity contribution in [2.75, 3.05) is 24.8 Å². The van der Waals surface area contributed by atoms with Crippen LogP contribution < -0.4 is 10.1 Å². The molecule has 29 heavy (non-hydrogen) atoms. The van der Waals surface area contributed by atoms with Crippen LogP contribution >= 0.6 is 27.7 Å². The maximum Gasteiger partial charge on any atom is 0.316 e. The van der Waals surface area contributed by atoms with Crippen molar-refractivity contribution in [3.63, 3.8) is 0 Å². The number of methoxy groups -OCH3 is 1. The highest BCUT2D eigenvalue weighted by molar-refractivity contribution is 9.10. The largest absolute Gasteiger partial charge is 0.490 e. The number of hydrogen-bond donors (Lipinski definition) is 1. The molecule has 0 saturated heterocycles. The maximum absolute atomic E-state index is 12.1. The summed E-state index contributed by atoms with van der Waals surface area (Å²) in [5.74, 6) is -0.984. The molecular formula is C19H19BrN2O6S. The number of benzene rings is 2. The lowest BCUT2D eigenvalue weighted by molar-refractivity contribution is -0.385. The minimum atomic E-state index is -0.565. The third kappa shape index (κ3) is 6.47. The lowest BCUT2D eigenvalue weighted by Crippen LogP contribution is -2.22. The Hall–Kier alpha value is -2.59. The van der Waals surface area contributed by atoms with Crippen molar-refractivity contribution in [3.8, 4) is 5.75 Å². The molecule has 0 spiro atoms. The summed E-state index contributed by atoms with van der Waals surface area (Å²) in [7, 11) is 1.30. The number of halogens is 1. The van der Waals surface area contributed by atoms with Gasteiger partial charge in [-0.2, -0.15) is 0 Å². The fourth-order valence-corrected chi connectivity index (χ4v) is 3.68. The summed E-state index contributed by atoms with van der Waals surface area (Å²) in [6.07, 6.45) is 0. The van der Waals surface area contributed by atoms with Crippen LogP contribution in [0.3, 0.4) is 0 Å². The minimum absolute atomic E-state index is 0.0224. The lowest BCUT2D eigenvalue weighted by atomic mass is 10.1. The Balaban J connectivity index is 1.89. The highest BCUT2D eigenvalue weighted by Gasteiger charge is 2.18. The number of nitrogens with one attached hydrogen (secondary N) is 1. The van der Waals surface area contributed by atoms with E-state index in [1.165, 1.54) is 31.0 Å². The van der Waals surface area contributed by atoms with Gasteiger partial charge in [0.25, 0.3) is 5.91 Å². The molecule has 2 aromatic carbocycles. The van der Waals surface area contributed by atoms with Gasteiger partial charge < -0.3 is 14.8 Å². The van der Waals surface area contributed by atoms with Gasteiger partial charge in [0.2, 0.25) is 0 Å². The SMILES string of the molecule is COc1cc(NC(=O)COC(=O)CSc2ccc(Br)cc2C)c(C)cc1[N+](=O)[O-]. The van der Waals surface area contributed by atoms with Crippen LogP contribution in [-0.4, -0.2) is 36.3 Å². The van der Waals surface area contributed by atoms with E-state index < -0.39 is 23.4 Å². The zero-order valence-electron chi connectivity index (χ0n) is 16.0. The molecule has 0 saturated carbocycles. The summed E-state index contributed by atoms with van der Waals surface area (Å²) in [6.45, 7) is 3.09. The zero-order chi connectivity index (χ0) is 21.6. The van der Waals surface area contributed by atoms with Crippen molar-refractivity contribution in [3.05, 3.63) is 56.0 Å². The summed E-state index contributed by atoms with van der Waals surface area (Å²) in [4.78, 5) is 35.4. The summed E-state index contributed by atoms with van der Waals surface area (Å²) < 4.78 is 10.9. The summed E-state index contributed by atoms with van der Waals surface area (Å²) >= 11 is 4.71. The predicted molar refractivity (Wildman–Crippen MR) is 114 cm³/mol. The molecule has 0 atom stereocenters. The van der Waals surface area contributed by atoms with Crippen molar-refractivity contribution in [2.24, 2.45) is 0 Å². The Morgan fingerprint density at radius 1 is 1.21 bits per heavy atom. The molecule has 0 aliphatic rings. The van der Waals surface area contributed by atoms with Gasteiger partial charge in [-0.25, -0.2) is 0 Å². The molecule has 8 nitrogen and oxygen atoms in total. The van der Waals surface area contributed by atoms with Gasteiger partial charge in [0.05, 0.1) is 17.8 Å². The highest BCUT2D eigenvalue weighted by Crippen LogP contribution is 2.32. The second-order valence-corrected chi connectivity index (χ2v) is 7.94. The Morgan fingerprint density at radius 3 is 2.55 bits per heavy atom. The number of anilines is 1. The number of thioether (sulfide) groups is 1. The highest BCUT2D eigenvalue weighted by atomic mass is 79.9. The fraction of sp³-hybridized carbons (Fsp3) is 0.263. The molecule has 1 N–H and O–H groups in total. The molecule has 2 aromatic rings. The van der Waals surface area contributed by atoms with Crippen molar-refractivity contribution in [1.29, 1.82) is 0 Å². The van der Waals surface area contributed by atoms with Crippen molar-refractivity contribution < 1.29 is 24.0 Å². The Bertz CT molecular complexity index is 951. The summed E-state index contributed by atoms with van der Waals surface area (Å²) in [5, 5.41) is 13.6. The maximum atomic E-state index is 12.1. The van der Waals surface area contributed by atoms with E-state index in [-0.39, 0.29) is 17.2 Å². The second-order valence-electron chi connectivity index (χ2n) is 6.00. The molecule has 0 bridgehead atoms. The van der Waals surface area contributed by atoms with Crippen LogP contribution in [0.2, 0.25) is 0 Å². The third-order valence-electron chi connectivity index (χ3n) is 3.84. The zero-order valence-corrected chi connectivity index (χ0v) is 18.4. The molecule has 0 aliphatic carbocycles. The molecule has 0 fully saturated rings. The van der Waals surface area contributed by atoms with Crippen molar-refractivity contribution >= 4 is 50.9 Å². The van der Waals surface area contributed by atoms with Crippen molar-refractivity contribution in [2.45, 2.75) is 18.7 Å². The number of aryl methyl sites for hydroxylation is 2. The van der Waals surface area contributed by atoms with E-state index >= 15 is 0 Å². The summed E-state index contributed by atoms with van der Waals surface area (Å²) in [6, 6.07) is 8.39. The molecule has 0 unspecified atom stereocenters. The Morgan fingerprint density at radius 2 is 1.93 bits per heavy atom. The van der Waals surface area contributed by atoms with Gasteiger partial charge in [0, 0.05) is 27.2 Å². The molecule has 10 heteroatoms. The Kier molecular flexibility index (Phi) is 8.03. The number of ether oxygens (including phenoxy) is 2. The molecule has 1 amide bonds. The number of nitrogens with zero attached hydrogens (tertiary/aromatic N) is 1. The van der Waals surface area contributed by atoms with E-state index in [9.17, 15) is 19.7 Å². The molecule has 2 rings (SSSR count). The molecule has 0 radical (unpaired) electrons. The van der Waals surface area contributed by atoms with Gasteiger partial charge in [-0.1, -0.05) is 15.9 Å². The lowest BCUT2D eigenvalue weighted by Gasteiger charge is -2.11. The minimum Gasteiger partial charge on any atom is -0.490 e. The predicted octanol–water partition coefficient (Wildman–Crippen LogP) is 4.26. The molecule has 0 aromatic heterocycles. The molecule has 0 aliphatic heterocycles. The van der Waals surface area contributed by atoms with Crippen molar-refractivity contribution in [1.82, 2.24) is 0 Å². The van der Waals surface area contributed by atoms with Gasteiger partial charge in [-0.05, 0) is 43.2 Å². The molecule has 0 heterocycles. The second kappa shape index (κ2) is 10.3.